The van der Waals surface area contributed by atoms with Gasteiger partial charge in [0.1, 0.15) is 0 Å². The fourth-order valence-electron chi connectivity index (χ4n) is 3.35. The Morgan fingerprint density at radius 2 is 1.96 bits per heavy atom. The molecular formula is C18H34N3O3P. The molecule has 1 heterocycles. The molecule has 0 bridgehead atoms. The molecule has 1 unspecified atom stereocenters. The number of likely N-dealkylation sites (tertiary alicyclic amines) is 1. The number of carbonyl (C=O) groups is 1. The normalized spacial score (nSPS) is 22.0. The Morgan fingerprint density at radius 1 is 1.32 bits per heavy atom. The van der Waals surface area contributed by atoms with Gasteiger partial charge in [-0.15, -0.1) is 0 Å². The zero-order valence-electron chi connectivity index (χ0n) is 16.6. The minimum absolute atomic E-state index is 0.00584. The van der Waals surface area contributed by atoms with E-state index in [1.807, 2.05) is 11.8 Å². The second kappa shape index (κ2) is 11.1. The molecule has 0 spiro atoms. The summed E-state index contributed by atoms with van der Waals surface area (Å²) in [6.07, 6.45) is 2.60. The number of nitriles is 1. The van der Waals surface area contributed by atoms with Crippen molar-refractivity contribution >= 4 is 14.4 Å². The topological polar surface area (TPSA) is 65.8 Å². The summed E-state index contributed by atoms with van der Waals surface area (Å²) < 4.78 is 14.7. The predicted molar refractivity (Wildman–Crippen MR) is 101 cm³/mol. The van der Waals surface area contributed by atoms with Gasteiger partial charge < -0.3 is 13.9 Å². The van der Waals surface area contributed by atoms with Crippen LogP contribution in [0, 0.1) is 11.3 Å². The molecule has 0 radical (unpaired) electrons. The van der Waals surface area contributed by atoms with E-state index in [0.717, 1.165) is 19.4 Å². The number of hydrogen-bond acceptors (Lipinski definition) is 5. The molecule has 144 valence electrons. The Kier molecular flexibility index (Phi) is 9.89. The van der Waals surface area contributed by atoms with Gasteiger partial charge in [0.05, 0.1) is 31.2 Å². The monoisotopic (exact) mass is 371 g/mol. The molecule has 1 aliphatic rings. The Balaban J connectivity index is 2.88. The van der Waals surface area contributed by atoms with Gasteiger partial charge in [-0.05, 0) is 40.5 Å². The van der Waals surface area contributed by atoms with Crippen LogP contribution in [0.1, 0.15) is 67.2 Å². The molecule has 3 atom stereocenters. The van der Waals surface area contributed by atoms with Crippen molar-refractivity contribution < 1.29 is 13.8 Å². The highest BCUT2D eigenvalue weighted by Gasteiger charge is 2.39. The first-order chi connectivity index (χ1) is 11.9. The van der Waals surface area contributed by atoms with Crippen molar-refractivity contribution in [2.45, 2.75) is 91.5 Å². The number of carbonyl (C=O) groups excluding carboxylic acids is 1. The molecule has 1 saturated heterocycles. The summed E-state index contributed by atoms with van der Waals surface area (Å²) in [5, 5.41) is 8.80. The number of nitrogens with zero attached hydrogens (tertiary/aromatic N) is 3. The first kappa shape index (κ1) is 22.3. The predicted octanol–water partition coefficient (Wildman–Crippen LogP) is 4.07. The largest absolute Gasteiger partial charge is 0.337 e. The molecule has 0 aromatic heterocycles. The van der Waals surface area contributed by atoms with Gasteiger partial charge in [0, 0.05) is 25.0 Å². The van der Waals surface area contributed by atoms with Crippen LogP contribution in [0.25, 0.3) is 0 Å². The second-order valence-corrected chi connectivity index (χ2v) is 8.30. The van der Waals surface area contributed by atoms with E-state index in [2.05, 4.69) is 45.4 Å². The molecule has 0 saturated carbocycles. The number of rotatable bonds is 10. The molecule has 0 aromatic carbocycles. The summed E-state index contributed by atoms with van der Waals surface area (Å²) in [7, 11) is -1.26. The van der Waals surface area contributed by atoms with Crippen LogP contribution in [-0.4, -0.2) is 52.9 Å². The zero-order chi connectivity index (χ0) is 19.0. The minimum Gasteiger partial charge on any atom is -0.337 e. The molecule has 25 heavy (non-hydrogen) atoms. The fraction of sp³-hybridized carbons (Fsp3) is 0.889. The lowest BCUT2D eigenvalue weighted by Gasteiger charge is -2.38. The lowest BCUT2D eigenvalue weighted by atomic mass is 10.1. The van der Waals surface area contributed by atoms with E-state index in [0.29, 0.717) is 19.4 Å². The van der Waals surface area contributed by atoms with Crippen LogP contribution in [-0.2, 0) is 13.8 Å². The van der Waals surface area contributed by atoms with Gasteiger partial charge >= 0.3 is 0 Å². The lowest BCUT2D eigenvalue weighted by molar-refractivity contribution is -0.132. The van der Waals surface area contributed by atoms with Gasteiger partial charge in [0.2, 0.25) is 5.91 Å². The molecule has 1 aliphatic heterocycles. The lowest BCUT2D eigenvalue weighted by Crippen LogP contribution is -2.40. The smallest absolute Gasteiger partial charge is 0.259 e. The van der Waals surface area contributed by atoms with Crippen molar-refractivity contribution in [1.29, 1.82) is 5.26 Å². The number of hydrogen-bond donors (Lipinski definition) is 0. The minimum atomic E-state index is -1.26. The van der Waals surface area contributed by atoms with Crippen molar-refractivity contribution in [2.24, 2.45) is 0 Å². The van der Waals surface area contributed by atoms with Crippen LogP contribution in [0.4, 0.5) is 0 Å². The van der Waals surface area contributed by atoms with E-state index in [1.54, 1.807) is 0 Å². The van der Waals surface area contributed by atoms with Gasteiger partial charge in [0.25, 0.3) is 8.53 Å². The van der Waals surface area contributed by atoms with Crippen molar-refractivity contribution in [2.75, 3.05) is 13.2 Å². The van der Waals surface area contributed by atoms with Crippen molar-refractivity contribution in [3.8, 4) is 6.07 Å². The van der Waals surface area contributed by atoms with Gasteiger partial charge in [-0.2, -0.15) is 5.26 Å². The van der Waals surface area contributed by atoms with E-state index in [1.165, 1.54) is 0 Å². The molecule has 0 aromatic rings. The molecule has 0 N–H and O–H groups in total. The quantitative estimate of drug-likeness (QED) is 0.428. The average Bonchev–Trinajstić information content (AvgIpc) is 2.96. The highest BCUT2D eigenvalue weighted by molar-refractivity contribution is 7.44. The van der Waals surface area contributed by atoms with Crippen molar-refractivity contribution in [3.63, 3.8) is 0 Å². The van der Waals surface area contributed by atoms with Crippen LogP contribution in [0.2, 0.25) is 0 Å². The van der Waals surface area contributed by atoms with Gasteiger partial charge in [-0.1, -0.05) is 13.8 Å². The summed E-state index contributed by atoms with van der Waals surface area (Å²) in [4.78, 5) is 14.1. The Bertz CT molecular complexity index is 445. The van der Waals surface area contributed by atoms with Crippen LogP contribution < -0.4 is 0 Å². The maximum Gasteiger partial charge on any atom is 0.259 e. The standard InChI is InChI=1S/C18H34N3O3P/c1-7-16-17(10-12-20(16)18(22)8-2)24-25(23-13-9-11-19)21(14(3)4)15(5)6/h14-17H,7-10,12-13H2,1-6H3/t16-,17-,25?/m0/s1. The summed E-state index contributed by atoms with van der Waals surface area (Å²) in [6, 6.07) is 2.79. The molecule has 1 fully saturated rings. The maximum absolute atomic E-state index is 12.2. The molecular weight excluding hydrogens is 337 g/mol. The highest BCUT2D eigenvalue weighted by Crippen LogP contribution is 2.49. The van der Waals surface area contributed by atoms with Crippen LogP contribution in [0.5, 0.6) is 0 Å². The maximum atomic E-state index is 12.2. The summed E-state index contributed by atoms with van der Waals surface area (Å²) in [5.41, 5.74) is 0. The van der Waals surface area contributed by atoms with E-state index in [9.17, 15) is 4.79 Å². The third-order valence-electron chi connectivity index (χ3n) is 4.41. The van der Waals surface area contributed by atoms with Gasteiger partial charge in [-0.25, -0.2) is 4.67 Å². The van der Waals surface area contributed by atoms with Crippen LogP contribution in [0.15, 0.2) is 0 Å². The molecule has 0 aliphatic carbocycles. The SMILES string of the molecule is CCC(=O)N1CC[C@H](OP(OCCC#N)N(C(C)C)C(C)C)[C@@H]1CC. The zero-order valence-corrected chi connectivity index (χ0v) is 17.5. The molecule has 7 heteroatoms. The Morgan fingerprint density at radius 3 is 2.44 bits per heavy atom. The third kappa shape index (κ3) is 6.18. The molecule has 6 nitrogen and oxygen atoms in total. The van der Waals surface area contributed by atoms with Gasteiger partial charge in [0.15, 0.2) is 0 Å². The van der Waals surface area contributed by atoms with E-state index >= 15 is 0 Å². The molecule has 1 rings (SSSR count). The Labute approximate surface area is 154 Å². The summed E-state index contributed by atoms with van der Waals surface area (Å²) in [5.74, 6) is 0.192. The third-order valence-corrected chi connectivity index (χ3v) is 6.57. The van der Waals surface area contributed by atoms with E-state index < -0.39 is 8.53 Å². The molecule has 1 amide bonds. The average molecular weight is 371 g/mol. The van der Waals surface area contributed by atoms with Crippen molar-refractivity contribution in [3.05, 3.63) is 0 Å². The van der Waals surface area contributed by atoms with Crippen molar-refractivity contribution in [1.82, 2.24) is 9.57 Å². The number of amides is 1. The Hall–Kier alpha value is -0.730. The van der Waals surface area contributed by atoms with Crippen LogP contribution >= 0.6 is 8.53 Å². The first-order valence-electron chi connectivity index (χ1n) is 9.41. The highest BCUT2D eigenvalue weighted by atomic mass is 31.2. The van der Waals surface area contributed by atoms with E-state index in [4.69, 9.17) is 14.3 Å². The second-order valence-electron chi connectivity index (χ2n) is 6.90. The fourth-order valence-corrected chi connectivity index (χ4v) is 5.14. The summed E-state index contributed by atoms with van der Waals surface area (Å²) >= 11 is 0. The first-order valence-corrected chi connectivity index (χ1v) is 10.5. The van der Waals surface area contributed by atoms with E-state index in [-0.39, 0.29) is 30.1 Å². The van der Waals surface area contributed by atoms with Crippen LogP contribution in [0.3, 0.4) is 0 Å². The summed E-state index contributed by atoms with van der Waals surface area (Å²) in [6.45, 7) is 13.6. The van der Waals surface area contributed by atoms with Gasteiger partial charge in [-0.3, -0.25) is 4.79 Å².